The summed E-state index contributed by atoms with van der Waals surface area (Å²) in [5.41, 5.74) is 0. The van der Waals surface area contributed by atoms with Gasteiger partial charge in [-0.05, 0) is 19.8 Å². The van der Waals surface area contributed by atoms with Crippen molar-refractivity contribution in [2.75, 3.05) is 32.8 Å². The largest absolute Gasteiger partial charge is 0.381 e. The molecule has 4 amide bonds. The lowest BCUT2D eigenvalue weighted by atomic mass is 9.99. The highest BCUT2D eigenvalue weighted by Gasteiger charge is 2.35. The van der Waals surface area contributed by atoms with E-state index < -0.39 is 6.03 Å². The molecule has 0 unspecified atom stereocenters. The van der Waals surface area contributed by atoms with Gasteiger partial charge in [-0.25, -0.2) is 4.79 Å². The maximum absolute atomic E-state index is 12.6. The number of ether oxygens (including phenoxy) is 1. The number of imide groups is 1. The van der Waals surface area contributed by atoms with E-state index in [0.29, 0.717) is 19.0 Å². The third-order valence-corrected chi connectivity index (χ3v) is 5.22. The molecule has 26 heavy (non-hydrogen) atoms. The summed E-state index contributed by atoms with van der Waals surface area (Å²) in [6.07, 6.45) is 1.86. The van der Waals surface area contributed by atoms with E-state index >= 15 is 0 Å². The van der Waals surface area contributed by atoms with Crippen LogP contribution in [0.2, 0.25) is 0 Å². The Labute approximate surface area is 150 Å². The monoisotopic (exact) mass is 362 g/mol. The Morgan fingerprint density at radius 3 is 2.73 bits per heavy atom. The summed E-state index contributed by atoms with van der Waals surface area (Å²) >= 11 is 0. The number of fused-ring (bicyclic) bond motifs is 1. The van der Waals surface area contributed by atoms with Crippen molar-refractivity contribution in [2.24, 2.45) is 0 Å². The molecular weight excluding hydrogens is 340 g/mol. The first-order chi connectivity index (χ1) is 12.5. The molecule has 0 bridgehead atoms. The summed E-state index contributed by atoms with van der Waals surface area (Å²) in [6.45, 7) is 4.05. The Hall–Kier alpha value is -2.49. The van der Waals surface area contributed by atoms with Gasteiger partial charge in [-0.3, -0.25) is 14.5 Å². The molecule has 1 aromatic heterocycles. The predicted octanol–water partition coefficient (Wildman–Crippen LogP) is -0.373. The topological polar surface area (TPSA) is 110 Å². The predicted molar refractivity (Wildman–Crippen MR) is 88.1 cm³/mol. The number of rotatable bonds is 3. The van der Waals surface area contributed by atoms with Crippen LogP contribution in [0.3, 0.4) is 0 Å². The number of carbonyl (C=O) groups excluding carboxylic acids is 3. The van der Waals surface area contributed by atoms with E-state index in [4.69, 9.17) is 4.74 Å². The SMILES string of the molecule is C[C@H]1CN(C(=O)CN2C(=O)CNC2=O)Cc2nnc(C3CCOCC3)n21. The fraction of sp³-hybridized carbons (Fsp3) is 0.688. The zero-order chi connectivity index (χ0) is 18.3. The quantitative estimate of drug-likeness (QED) is 0.735. The zero-order valence-electron chi connectivity index (χ0n) is 14.7. The highest BCUT2D eigenvalue weighted by molar-refractivity contribution is 6.04. The van der Waals surface area contributed by atoms with E-state index in [2.05, 4.69) is 20.1 Å². The van der Waals surface area contributed by atoms with Crippen LogP contribution in [0.25, 0.3) is 0 Å². The minimum Gasteiger partial charge on any atom is -0.381 e. The first-order valence-corrected chi connectivity index (χ1v) is 8.92. The highest BCUT2D eigenvalue weighted by Crippen LogP contribution is 2.30. The van der Waals surface area contributed by atoms with Gasteiger partial charge in [0.2, 0.25) is 5.91 Å². The van der Waals surface area contributed by atoms with E-state index in [1.165, 1.54) is 0 Å². The average molecular weight is 362 g/mol. The Morgan fingerprint density at radius 2 is 2.04 bits per heavy atom. The van der Waals surface area contributed by atoms with Crippen LogP contribution in [0.5, 0.6) is 0 Å². The van der Waals surface area contributed by atoms with Crippen molar-refractivity contribution in [2.45, 2.75) is 38.3 Å². The van der Waals surface area contributed by atoms with Crippen molar-refractivity contribution < 1.29 is 19.1 Å². The minimum atomic E-state index is -0.515. The van der Waals surface area contributed by atoms with Crippen LogP contribution in [0.15, 0.2) is 0 Å². The van der Waals surface area contributed by atoms with E-state index in [1.807, 2.05) is 6.92 Å². The van der Waals surface area contributed by atoms with Crippen molar-refractivity contribution in [3.05, 3.63) is 11.6 Å². The number of carbonyl (C=O) groups is 3. The second-order valence-corrected chi connectivity index (χ2v) is 6.99. The molecule has 4 heterocycles. The number of hydrogen-bond donors (Lipinski definition) is 1. The maximum atomic E-state index is 12.6. The van der Waals surface area contributed by atoms with Gasteiger partial charge >= 0.3 is 6.03 Å². The van der Waals surface area contributed by atoms with Gasteiger partial charge in [-0.15, -0.1) is 10.2 Å². The third-order valence-electron chi connectivity index (χ3n) is 5.22. The van der Waals surface area contributed by atoms with Crippen LogP contribution in [0, 0.1) is 0 Å². The molecule has 0 saturated carbocycles. The van der Waals surface area contributed by atoms with Gasteiger partial charge in [0.25, 0.3) is 5.91 Å². The van der Waals surface area contributed by atoms with Crippen molar-refractivity contribution in [3.63, 3.8) is 0 Å². The summed E-state index contributed by atoms with van der Waals surface area (Å²) < 4.78 is 7.56. The van der Waals surface area contributed by atoms with Crippen LogP contribution < -0.4 is 5.32 Å². The second kappa shape index (κ2) is 6.67. The van der Waals surface area contributed by atoms with E-state index in [0.717, 1.165) is 42.6 Å². The molecule has 0 spiro atoms. The second-order valence-electron chi connectivity index (χ2n) is 6.99. The number of nitrogens with one attached hydrogen (secondary N) is 1. The van der Waals surface area contributed by atoms with Gasteiger partial charge in [-0.1, -0.05) is 0 Å². The first kappa shape index (κ1) is 17.0. The van der Waals surface area contributed by atoms with Crippen molar-refractivity contribution in [3.8, 4) is 0 Å². The molecule has 4 rings (SSSR count). The zero-order valence-corrected chi connectivity index (χ0v) is 14.7. The minimum absolute atomic E-state index is 0.0404. The first-order valence-electron chi connectivity index (χ1n) is 8.92. The number of amides is 4. The summed E-state index contributed by atoms with van der Waals surface area (Å²) in [4.78, 5) is 38.5. The molecule has 1 atom stereocenters. The summed E-state index contributed by atoms with van der Waals surface area (Å²) in [5, 5.41) is 11.1. The van der Waals surface area contributed by atoms with Crippen molar-refractivity contribution >= 4 is 17.8 Å². The lowest BCUT2D eigenvalue weighted by Crippen LogP contribution is -2.47. The molecule has 10 nitrogen and oxygen atoms in total. The summed E-state index contributed by atoms with van der Waals surface area (Å²) in [5.74, 6) is 1.41. The molecular formula is C16H22N6O4. The Balaban J connectivity index is 1.48. The Morgan fingerprint density at radius 1 is 1.27 bits per heavy atom. The summed E-state index contributed by atoms with van der Waals surface area (Å²) in [6, 6.07) is -0.475. The van der Waals surface area contributed by atoms with Crippen molar-refractivity contribution in [1.82, 2.24) is 29.9 Å². The fourth-order valence-corrected chi connectivity index (χ4v) is 3.84. The van der Waals surface area contributed by atoms with Gasteiger partial charge in [0.15, 0.2) is 5.82 Å². The highest BCUT2D eigenvalue weighted by atomic mass is 16.5. The Kier molecular flexibility index (Phi) is 4.35. The van der Waals surface area contributed by atoms with Gasteiger partial charge < -0.3 is 19.5 Å². The molecule has 1 N–H and O–H groups in total. The number of nitrogens with zero attached hydrogens (tertiary/aromatic N) is 5. The van der Waals surface area contributed by atoms with E-state index in [9.17, 15) is 14.4 Å². The molecule has 3 aliphatic rings. The maximum Gasteiger partial charge on any atom is 0.325 e. The molecule has 0 radical (unpaired) electrons. The van der Waals surface area contributed by atoms with E-state index in [-0.39, 0.29) is 30.9 Å². The van der Waals surface area contributed by atoms with Crippen molar-refractivity contribution in [1.29, 1.82) is 0 Å². The molecule has 0 aromatic carbocycles. The lowest BCUT2D eigenvalue weighted by molar-refractivity contribution is -0.138. The third kappa shape index (κ3) is 2.94. The number of aromatic nitrogens is 3. The summed E-state index contributed by atoms with van der Waals surface area (Å²) in [7, 11) is 0. The molecule has 2 fully saturated rings. The number of hydrogen-bond acceptors (Lipinski definition) is 6. The smallest absolute Gasteiger partial charge is 0.325 e. The molecule has 3 aliphatic heterocycles. The van der Waals surface area contributed by atoms with Crippen LogP contribution >= 0.6 is 0 Å². The van der Waals surface area contributed by atoms with Gasteiger partial charge in [0.05, 0.1) is 19.1 Å². The normalized spacial score (nSPS) is 24.0. The average Bonchev–Trinajstić information content (AvgIpc) is 3.21. The molecule has 2 saturated heterocycles. The molecule has 1 aromatic rings. The van der Waals surface area contributed by atoms with Gasteiger partial charge in [-0.2, -0.15) is 0 Å². The van der Waals surface area contributed by atoms with Crippen LogP contribution in [0.1, 0.15) is 43.4 Å². The Bertz CT molecular complexity index is 725. The van der Waals surface area contributed by atoms with Gasteiger partial charge in [0.1, 0.15) is 12.4 Å². The lowest BCUT2D eigenvalue weighted by Gasteiger charge is -2.34. The van der Waals surface area contributed by atoms with Crippen LogP contribution in [0.4, 0.5) is 4.79 Å². The van der Waals surface area contributed by atoms with Crippen LogP contribution in [-0.2, 0) is 20.9 Å². The fourth-order valence-electron chi connectivity index (χ4n) is 3.84. The molecule has 0 aliphatic carbocycles. The van der Waals surface area contributed by atoms with Crippen LogP contribution in [-0.4, -0.2) is 75.3 Å². The standard InChI is InChI=1S/C16H22N6O4/c1-10-7-20(14(24)9-21-13(23)6-17-16(21)25)8-12-18-19-15(22(10)12)11-2-4-26-5-3-11/h10-11H,2-9H2,1H3,(H,17,25)/t10-/m0/s1. The molecule has 10 heteroatoms. The van der Waals surface area contributed by atoms with Gasteiger partial charge in [0, 0.05) is 25.7 Å². The molecule has 140 valence electrons. The van der Waals surface area contributed by atoms with E-state index in [1.54, 1.807) is 4.90 Å². The number of urea groups is 1.